The summed E-state index contributed by atoms with van der Waals surface area (Å²) < 4.78 is 10.6. The Labute approximate surface area is 155 Å². The Bertz CT molecular complexity index is 640. The van der Waals surface area contributed by atoms with Gasteiger partial charge in [-0.3, -0.25) is 4.79 Å². The molecule has 144 valence electrons. The first kappa shape index (κ1) is 19.9. The number of methoxy groups -OCH3 is 2. The van der Waals surface area contributed by atoms with E-state index in [4.69, 9.17) is 9.47 Å². The van der Waals surface area contributed by atoms with Gasteiger partial charge in [-0.1, -0.05) is 0 Å². The number of carbonyl (C=O) groups excluding carboxylic acids is 2. The van der Waals surface area contributed by atoms with E-state index in [-0.39, 0.29) is 24.0 Å². The summed E-state index contributed by atoms with van der Waals surface area (Å²) in [5.41, 5.74) is 0.573. The van der Waals surface area contributed by atoms with E-state index in [0.29, 0.717) is 30.3 Å². The smallest absolute Gasteiger partial charge is 0.322 e. The first-order chi connectivity index (χ1) is 12.4. The first-order valence-corrected chi connectivity index (χ1v) is 8.94. The van der Waals surface area contributed by atoms with Gasteiger partial charge in [0, 0.05) is 38.2 Å². The highest BCUT2D eigenvalue weighted by atomic mass is 16.5. The van der Waals surface area contributed by atoms with Crippen LogP contribution in [0.15, 0.2) is 18.2 Å². The summed E-state index contributed by atoms with van der Waals surface area (Å²) in [6.45, 7) is 6.94. The average Bonchev–Trinajstić information content (AvgIpc) is 2.61. The van der Waals surface area contributed by atoms with Crippen LogP contribution in [0.4, 0.5) is 10.5 Å². The molecule has 0 saturated carbocycles. The van der Waals surface area contributed by atoms with Crippen LogP contribution in [0.3, 0.4) is 0 Å². The van der Waals surface area contributed by atoms with Crippen molar-refractivity contribution in [1.82, 2.24) is 9.80 Å². The van der Waals surface area contributed by atoms with Crippen molar-refractivity contribution in [2.24, 2.45) is 0 Å². The summed E-state index contributed by atoms with van der Waals surface area (Å²) in [7, 11) is 3.14. The quantitative estimate of drug-likeness (QED) is 0.873. The summed E-state index contributed by atoms with van der Waals surface area (Å²) in [6, 6.07) is 5.26. The van der Waals surface area contributed by atoms with E-state index in [1.807, 2.05) is 23.6 Å². The molecule has 26 heavy (non-hydrogen) atoms. The van der Waals surface area contributed by atoms with E-state index >= 15 is 0 Å². The largest absolute Gasteiger partial charge is 0.497 e. The number of nitrogens with zero attached hydrogens (tertiary/aromatic N) is 2. The van der Waals surface area contributed by atoms with Crippen LogP contribution in [0, 0.1) is 0 Å². The summed E-state index contributed by atoms with van der Waals surface area (Å²) in [5, 5.41) is 2.95. The Morgan fingerprint density at radius 2 is 1.85 bits per heavy atom. The highest BCUT2D eigenvalue weighted by Crippen LogP contribution is 2.30. The van der Waals surface area contributed by atoms with Crippen LogP contribution < -0.4 is 14.8 Å². The minimum atomic E-state index is -0.173. The summed E-state index contributed by atoms with van der Waals surface area (Å²) >= 11 is 0. The number of hydrogen-bond donors (Lipinski definition) is 1. The zero-order valence-corrected chi connectivity index (χ0v) is 16.2. The molecule has 1 saturated heterocycles. The lowest BCUT2D eigenvalue weighted by Crippen LogP contribution is -2.52. The Balaban J connectivity index is 2.13. The number of piperidine rings is 1. The van der Waals surface area contributed by atoms with Gasteiger partial charge in [-0.15, -0.1) is 0 Å². The number of anilines is 1. The van der Waals surface area contributed by atoms with Crippen LogP contribution in [0.25, 0.3) is 0 Å². The second kappa shape index (κ2) is 8.78. The van der Waals surface area contributed by atoms with E-state index in [2.05, 4.69) is 5.32 Å². The minimum absolute atomic E-state index is 0.0421. The molecule has 1 fully saturated rings. The standard InChI is InChI=1S/C19H29N3O4/c1-13(2)22(15-8-10-21(11-9-15)14(3)23)19(24)20-17-12-16(25-4)6-7-18(17)26-5/h6-7,12-13,15H,8-11H2,1-5H3,(H,20,24). The molecule has 1 aliphatic heterocycles. The Morgan fingerprint density at radius 1 is 1.19 bits per heavy atom. The van der Waals surface area contributed by atoms with Crippen LogP contribution >= 0.6 is 0 Å². The molecule has 1 N–H and O–H groups in total. The Kier molecular flexibility index (Phi) is 6.71. The fraction of sp³-hybridized carbons (Fsp3) is 0.579. The SMILES string of the molecule is COc1ccc(OC)c(NC(=O)N(C(C)C)C2CCN(C(C)=O)CC2)c1. The predicted molar refractivity (Wildman–Crippen MR) is 101 cm³/mol. The molecule has 0 spiro atoms. The lowest BCUT2D eigenvalue weighted by atomic mass is 10.0. The first-order valence-electron chi connectivity index (χ1n) is 8.94. The molecule has 0 aromatic heterocycles. The minimum Gasteiger partial charge on any atom is -0.497 e. The Hall–Kier alpha value is -2.44. The number of likely N-dealkylation sites (tertiary alicyclic amines) is 1. The molecule has 0 atom stereocenters. The highest BCUT2D eigenvalue weighted by Gasteiger charge is 2.30. The maximum Gasteiger partial charge on any atom is 0.322 e. The van der Waals surface area contributed by atoms with Gasteiger partial charge in [0.25, 0.3) is 0 Å². The fourth-order valence-electron chi connectivity index (χ4n) is 3.37. The molecule has 7 heteroatoms. The van der Waals surface area contributed by atoms with Crippen molar-refractivity contribution in [2.75, 3.05) is 32.6 Å². The lowest BCUT2D eigenvalue weighted by Gasteiger charge is -2.40. The van der Waals surface area contributed by atoms with Crippen LogP contribution in [0.1, 0.15) is 33.6 Å². The fourth-order valence-corrected chi connectivity index (χ4v) is 3.37. The molecule has 1 heterocycles. The number of hydrogen-bond acceptors (Lipinski definition) is 4. The van der Waals surface area contributed by atoms with Crippen molar-refractivity contribution in [3.63, 3.8) is 0 Å². The average molecular weight is 363 g/mol. The molecule has 3 amide bonds. The van der Waals surface area contributed by atoms with Gasteiger partial charge in [0.1, 0.15) is 11.5 Å². The predicted octanol–water partition coefficient (Wildman–Crippen LogP) is 2.96. The van der Waals surface area contributed by atoms with Crippen molar-refractivity contribution in [3.05, 3.63) is 18.2 Å². The number of amides is 3. The van der Waals surface area contributed by atoms with Gasteiger partial charge in [0.2, 0.25) is 5.91 Å². The van der Waals surface area contributed by atoms with Gasteiger partial charge in [-0.2, -0.15) is 0 Å². The molecule has 0 bridgehead atoms. The van der Waals surface area contributed by atoms with Gasteiger partial charge in [-0.05, 0) is 38.8 Å². The maximum absolute atomic E-state index is 13.0. The zero-order chi connectivity index (χ0) is 19.3. The molecule has 1 aromatic rings. The molecule has 0 radical (unpaired) electrons. The third-order valence-electron chi connectivity index (χ3n) is 4.74. The molecular formula is C19H29N3O4. The van der Waals surface area contributed by atoms with Crippen LogP contribution in [0.2, 0.25) is 0 Å². The molecule has 2 rings (SSSR count). The number of nitrogens with one attached hydrogen (secondary N) is 1. The normalized spacial score (nSPS) is 14.9. The van der Waals surface area contributed by atoms with Crippen molar-refractivity contribution in [1.29, 1.82) is 0 Å². The maximum atomic E-state index is 13.0. The second-order valence-electron chi connectivity index (χ2n) is 6.73. The number of urea groups is 1. The third kappa shape index (κ3) is 4.59. The van der Waals surface area contributed by atoms with Gasteiger partial charge in [-0.25, -0.2) is 4.79 Å². The lowest BCUT2D eigenvalue weighted by molar-refractivity contribution is -0.130. The van der Waals surface area contributed by atoms with Crippen LogP contribution in [-0.2, 0) is 4.79 Å². The van der Waals surface area contributed by atoms with Crippen molar-refractivity contribution < 1.29 is 19.1 Å². The number of rotatable bonds is 5. The topological polar surface area (TPSA) is 71.1 Å². The van der Waals surface area contributed by atoms with E-state index in [1.54, 1.807) is 39.3 Å². The number of benzene rings is 1. The van der Waals surface area contributed by atoms with Crippen LogP contribution in [0.5, 0.6) is 11.5 Å². The molecule has 1 aliphatic rings. The van der Waals surface area contributed by atoms with Gasteiger partial charge >= 0.3 is 6.03 Å². The highest BCUT2D eigenvalue weighted by molar-refractivity contribution is 5.91. The van der Waals surface area contributed by atoms with Crippen molar-refractivity contribution >= 4 is 17.6 Å². The molecule has 0 unspecified atom stereocenters. The van der Waals surface area contributed by atoms with E-state index < -0.39 is 0 Å². The monoisotopic (exact) mass is 363 g/mol. The molecular weight excluding hydrogens is 334 g/mol. The van der Waals surface area contributed by atoms with Crippen LogP contribution in [-0.4, -0.2) is 61.1 Å². The molecule has 1 aromatic carbocycles. The van der Waals surface area contributed by atoms with Crippen molar-refractivity contribution in [3.8, 4) is 11.5 Å². The van der Waals surface area contributed by atoms with E-state index in [1.165, 1.54) is 0 Å². The molecule has 0 aliphatic carbocycles. The van der Waals surface area contributed by atoms with Gasteiger partial charge in [0.05, 0.1) is 19.9 Å². The summed E-state index contributed by atoms with van der Waals surface area (Å²) in [5.74, 6) is 1.31. The molecule has 7 nitrogen and oxygen atoms in total. The number of ether oxygens (including phenoxy) is 2. The number of carbonyl (C=O) groups is 2. The van der Waals surface area contributed by atoms with Crippen molar-refractivity contribution in [2.45, 2.75) is 45.7 Å². The van der Waals surface area contributed by atoms with E-state index in [0.717, 1.165) is 12.8 Å². The van der Waals surface area contributed by atoms with E-state index in [9.17, 15) is 9.59 Å². The van der Waals surface area contributed by atoms with Gasteiger partial charge < -0.3 is 24.6 Å². The summed E-state index contributed by atoms with van der Waals surface area (Å²) in [4.78, 5) is 28.2. The zero-order valence-electron chi connectivity index (χ0n) is 16.2. The Morgan fingerprint density at radius 3 is 2.35 bits per heavy atom. The third-order valence-corrected chi connectivity index (χ3v) is 4.74. The van der Waals surface area contributed by atoms with Gasteiger partial charge in [0.15, 0.2) is 0 Å². The summed E-state index contributed by atoms with van der Waals surface area (Å²) in [6.07, 6.45) is 1.56. The second-order valence-corrected chi connectivity index (χ2v) is 6.73.